The van der Waals surface area contributed by atoms with Crippen LogP contribution in [0, 0.1) is 0 Å². The lowest BCUT2D eigenvalue weighted by Crippen LogP contribution is -2.11. The summed E-state index contributed by atoms with van der Waals surface area (Å²) in [7, 11) is 0. The number of hydrogen-bond acceptors (Lipinski definition) is 4. The van der Waals surface area contributed by atoms with Crippen molar-refractivity contribution in [3.63, 3.8) is 0 Å². The number of nitrogens with zero attached hydrogens (tertiary/aromatic N) is 3. The molecule has 0 spiro atoms. The van der Waals surface area contributed by atoms with Crippen LogP contribution in [0.2, 0.25) is 0 Å². The van der Waals surface area contributed by atoms with Gasteiger partial charge in [-0.1, -0.05) is 35.5 Å². The van der Waals surface area contributed by atoms with Gasteiger partial charge in [0.2, 0.25) is 6.41 Å². The first kappa shape index (κ1) is 12.1. The monoisotopic (exact) mass is 269 g/mol. The minimum absolute atomic E-state index is 0.322. The predicted octanol–water partition coefficient (Wildman–Crippen LogP) is 0.736. The molecule has 7 nitrogen and oxygen atoms in total. The van der Waals surface area contributed by atoms with Gasteiger partial charge in [0.05, 0.1) is 5.69 Å². The van der Waals surface area contributed by atoms with E-state index in [9.17, 15) is 9.59 Å². The molecule has 2 aromatic heterocycles. The lowest BCUT2D eigenvalue weighted by atomic mass is 10.2. The third-order valence-corrected chi connectivity index (χ3v) is 2.98. The van der Waals surface area contributed by atoms with Crippen LogP contribution in [0.4, 0.5) is 5.69 Å². The van der Waals surface area contributed by atoms with Crippen LogP contribution in [0.1, 0.15) is 5.56 Å². The van der Waals surface area contributed by atoms with E-state index in [0.717, 1.165) is 5.56 Å². The van der Waals surface area contributed by atoms with Gasteiger partial charge in [0.15, 0.2) is 5.65 Å². The molecule has 0 fully saturated rings. The van der Waals surface area contributed by atoms with Crippen molar-refractivity contribution in [3.05, 3.63) is 52.4 Å². The molecule has 0 aliphatic rings. The second kappa shape index (κ2) is 4.96. The molecular formula is C13H11N5O2. The van der Waals surface area contributed by atoms with Gasteiger partial charge in [-0.2, -0.15) is 0 Å². The summed E-state index contributed by atoms with van der Waals surface area (Å²) in [4.78, 5) is 22.4. The zero-order chi connectivity index (χ0) is 13.9. The van der Waals surface area contributed by atoms with Gasteiger partial charge in [-0.15, -0.1) is 5.10 Å². The molecular weight excluding hydrogens is 258 g/mol. The standard InChI is InChI=1S/C13H11N5O2/c19-8-14-10-7-18(6-9-4-2-1-3-5-9)12-11(10)13(20)16-17-15-12/h1-5,7-8H,6H2,(H,14,19)(H,15,16,20). The van der Waals surface area contributed by atoms with E-state index in [-0.39, 0.29) is 5.56 Å². The van der Waals surface area contributed by atoms with Gasteiger partial charge in [0.1, 0.15) is 5.39 Å². The van der Waals surface area contributed by atoms with E-state index in [1.165, 1.54) is 0 Å². The highest BCUT2D eigenvalue weighted by Gasteiger charge is 2.13. The zero-order valence-electron chi connectivity index (χ0n) is 10.4. The fraction of sp³-hybridized carbons (Fsp3) is 0.0769. The molecule has 2 N–H and O–H groups in total. The number of H-pyrrole nitrogens is 1. The molecule has 0 aliphatic carbocycles. The maximum Gasteiger partial charge on any atom is 0.278 e. The van der Waals surface area contributed by atoms with E-state index in [4.69, 9.17) is 0 Å². The van der Waals surface area contributed by atoms with Crippen LogP contribution >= 0.6 is 0 Å². The zero-order valence-corrected chi connectivity index (χ0v) is 10.4. The van der Waals surface area contributed by atoms with Gasteiger partial charge in [0.25, 0.3) is 5.56 Å². The first-order valence-electron chi connectivity index (χ1n) is 5.98. The van der Waals surface area contributed by atoms with Crippen molar-refractivity contribution in [2.75, 3.05) is 5.32 Å². The molecule has 20 heavy (non-hydrogen) atoms. The molecule has 0 atom stereocenters. The first-order chi connectivity index (χ1) is 9.79. The van der Waals surface area contributed by atoms with Crippen LogP contribution in [0.3, 0.4) is 0 Å². The van der Waals surface area contributed by atoms with Gasteiger partial charge >= 0.3 is 0 Å². The molecule has 0 unspecified atom stereocenters. The normalized spacial score (nSPS) is 10.6. The van der Waals surface area contributed by atoms with E-state index < -0.39 is 0 Å². The Hall–Kier alpha value is -2.96. The molecule has 7 heteroatoms. The SMILES string of the molecule is O=CNc1cn(Cc2ccccc2)c2nn[nH]c(=O)c12. The number of aromatic amines is 1. The Kier molecular flexibility index (Phi) is 3.00. The minimum Gasteiger partial charge on any atom is -0.327 e. The Balaban J connectivity index is 2.14. The van der Waals surface area contributed by atoms with Crippen LogP contribution in [0.5, 0.6) is 0 Å². The summed E-state index contributed by atoms with van der Waals surface area (Å²) in [5.41, 5.74) is 1.53. The van der Waals surface area contributed by atoms with E-state index in [2.05, 4.69) is 20.7 Å². The number of nitrogens with one attached hydrogen (secondary N) is 2. The Morgan fingerprint density at radius 2 is 2.10 bits per heavy atom. The summed E-state index contributed by atoms with van der Waals surface area (Å²) in [6.45, 7) is 0.538. The smallest absolute Gasteiger partial charge is 0.278 e. The third kappa shape index (κ3) is 2.05. The molecule has 0 saturated carbocycles. The van der Waals surface area contributed by atoms with Gasteiger partial charge in [-0.05, 0) is 5.56 Å². The van der Waals surface area contributed by atoms with Crippen molar-refractivity contribution in [2.45, 2.75) is 6.54 Å². The van der Waals surface area contributed by atoms with Crippen molar-refractivity contribution in [2.24, 2.45) is 0 Å². The molecule has 3 rings (SSSR count). The Labute approximate surface area is 113 Å². The molecule has 0 radical (unpaired) electrons. The van der Waals surface area contributed by atoms with Crippen molar-refractivity contribution in [1.29, 1.82) is 0 Å². The Morgan fingerprint density at radius 1 is 1.30 bits per heavy atom. The number of hydrogen-bond donors (Lipinski definition) is 2. The van der Waals surface area contributed by atoms with Gasteiger partial charge in [0, 0.05) is 12.7 Å². The van der Waals surface area contributed by atoms with Crippen molar-refractivity contribution >= 4 is 23.1 Å². The number of carbonyl (C=O) groups is 1. The fourth-order valence-corrected chi connectivity index (χ4v) is 2.12. The van der Waals surface area contributed by atoms with Gasteiger partial charge in [-0.25, -0.2) is 5.10 Å². The summed E-state index contributed by atoms with van der Waals surface area (Å²) in [5, 5.41) is 12.6. The predicted molar refractivity (Wildman–Crippen MR) is 73.4 cm³/mol. The molecule has 3 aromatic rings. The average Bonchev–Trinajstić information content (AvgIpc) is 2.80. The lowest BCUT2D eigenvalue weighted by Gasteiger charge is -2.03. The molecule has 0 bridgehead atoms. The first-order valence-corrected chi connectivity index (χ1v) is 5.98. The fourth-order valence-electron chi connectivity index (χ4n) is 2.12. The third-order valence-electron chi connectivity index (χ3n) is 2.98. The summed E-state index contributed by atoms with van der Waals surface area (Å²) in [5.74, 6) is 0. The summed E-state index contributed by atoms with van der Waals surface area (Å²) < 4.78 is 1.78. The minimum atomic E-state index is -0.383. The van der Waals surface area contributed by atoms with Gasteiger partial charge < -0.3 is 9.88 Å². The van der Waals surface area contributed by atoms with E-state index >= 15 is 0 Å². The summed E-state index contributed by atoms with van der Waals surface area (Å²) in [6.07, 6.45) is 2.21. The number of benzene rings is 1. The summed E-state index contributed by atoms with van der Waals surface area (Å²) >= 11 is 0. The quantitative estimate of drug-likeness (QED) is 0.683. The van der Waals surface area contributed by atoms with Crippen molar-refractivity contribution in [1.82, 2.24) is 20.0 Å². The second-order valence-electron chi connectivity index (χ2n) is 4.26. The highest BCUT2D eigenvalue weighted by molar-refractivity contribution is 5.94. The number of carbonyl (C=O) groups excluding carboxylic acids is 1. The van der Waals surface area contributed by atoms with Crippen molar-refractivity contribution < 1.29 is 4.79 Å². The van der Waals surface area contributed by atoms with Gasteiger partial charge in [-0.3, -0.25) is 9.59 Å². The van der Waals surface area contributed by atoms with Crippen LogP contribution in [-0.2, 0) is 11.3 Å². The Bertz CT molecular complexity index is 806. The van der Waals surface area contributed by atoms with Crippen LogP contribution < -0.4 is 10.9 Å². The van der Waals surface area contributed by atoms with E-state index in [1.54, 1.807) is 10.8 Å². The maximum absolute atomic E-state index is 11.8. The topological polar surface area (TPSA) is 92.7 Å². The number of fused-ring (bicyclic) bond motifs is 1. The molecule has 100 valence electrons. The number of aromatic nitrogens is 4. The molecule has 2 heterocycles. The molecule has 1 amide bonds. The molecule has 0 saturated heterocycles. The van der Waals surface area contributed by atoms with Crippen molar-refractivity contribution in [3.8, 4) is 0 Å². The van der Waals surface area contributed by atoms with Crippen LogP contribution in [0.15, 0.2) is 41.3 Å². The largest absolute Gasteiger partial charge is 0.327 e. The van der Waals surface area contributed by atoms with Crippen LogP contribution in [-0.4, -0.2) is 26.4 Å². The van der Waals surface area contributed by atoms with E-state index in [0.29, 0.717) is 29.7 Å². The highest BCUT2D eigenvalue weighted by atomic mass is 16.1. The molecule has 0 aliphatic heterocycles. The van der Waals surface area contributed by atoms with Crippen LogP contribution in [0.25, 0.3) is 11.0 Å². The molecule has 1 aromatic carbocycles. The summed E-state index contributed by atoms with van der Waals surface area (Å²) in [6, 6.07) is 9.74. The number of rotatable bonds is 4. The Morgan fingerprint density at radius 3 is 2.85 bits per heavy atom. The maximum atomic E-state index is 11.8. The number of anilines is 1. The second-order valence-corrected chi connectivity index (χ2v) is 4.26. The lowest BCUT2D eigenvalue weighted by molar-refractivity contribution is -0.105. The number of amides is 1. The average molecular weight is 269 g/mol. The highest BCUT2D eigenvalue weighted by Crippen LogP contribution is 2.20. The van der Waals surface area contributed by atoms with E-state index in [1.807, 2.05) is 30.3 Å².